The van der Waals surface area contributed by atoms with Crippen molar-refractivity contribution in [2.75, 3.05) is 13.2 Å². The van der Waals surface area contributed by atoms with Gasteiger partial charge in [0, 0.05) is 5.56 Å². The zero-order valence-corrected chi connectivity index (χ0v) is 13.7. The van der Waals surface area contributed by atoms with Gasteiger partial charge in [0.1, 0.15) is 25.0 Å². The molecule has 0 unspecified atom stereocenters. The van der Waals surface area contributed by atoms with E-state index in [-0.39, 0.29) is 29.1 Å². The molecule has 0 radical (unpaired) electrons. The Morgan fingerprint density at radius 1 is 1.35 bits per heavy atom. The number of nitrogens with two attached hydrogens (primary N) is 1. The maximum absolute atomic E-state index is 14.2. The zero-order valence-electron chi connectivity index (χ0n) is 13.7. The van der Waals surface area contributed by atoms with Crippen LogP contribution in [0.3, 0.4) is 0 Å². The lowest BCUT2D eigenvalue weighted by molar-refractivity contribution is -0.0269. The van der Waals surface area contributed by atoms with E-state index in [0.717, 1.165) is 5.56 Å². The first kappa shape index (κ1) is 17.5. The summed E-state index contributed by atoms with van der Waals surface area (Å²) in [4.78, 5) is 15.2. The molecule has 6 nitrogen and oxygen atoms in total. The van der Waals surface area contributed by atoms with Crippen molar-refractivity contribution in [2.45, 2.75) is 6.04 Å². The van der Waals surface area contributed by atoms with Crippen LogP contribution < -0.4 is 5.73 Å². The van der Waals surface area contributed by atoms with E-state index in [9.17, 15) is 14.4 Å². The Labute approximate surface area is 149 Å². The highest BCUT2D eigenvalue weighted by molar-refractivity contribution is 5.95. The number of rotatable bonds is 3. The number of benzene rings is 2. The fourth-order valence-electron chi connectivity index (χ4n) is 2.43. The Kier molecular flexibility index (Phi) is 5.15. The second-order valence-corrected chi connectivity index (χ2v) is 5.56. The Morgan fingerprint density at radius 2 is 2.12 bits per heavy atom. The lowest BCUT2D eigenvalue weighted by Gasteiger charge is -2.06. The molecule has 0 bridgehead atoms. The molecule has 0 saturated heterocycles. The van der Waals surface area contributed by atoms with Gasteiger partial charge in [0.05, 0.1) is 5.56 Å². The molecule has 7 heteroatoms. The monoisotopic (exact) mass is 353 g/mol. The Bertz CT molecular complexity index is 903. The molecule has 0 saturated carbocycles. The lowest BCUT2D eigenvalue weighted by atomic mass is 10.1. The van der Waals surface area contributed by atoms with E-state index < -0.39 is 11.8 Å². The molecule has 0 aliphatic carbocycles. The van der Waals surface area contributed by atoms with Crippen LogP contribution in [0.15, 0.2) is 53.5 Å². The number of amides is 2. The number of carbonyl (C=O) groups excluding carboxylic acids is 1. The minimum Gasteiger partial charge on any atom is -0.475 e. The van der Waals surface area contributed by atoms with Crippen LogP contribution in [-0.2, 0) is 4.74 Å². The molecular formula is C19H16FN3O3. The highest BCUT2D eigenvalue weighted by atomic mass is 19.1. The second kappa shape index (κ2) is 7.68. The summed E-state index contributed by atoms with van der Waals surface area (Å²) in [5.74, 6) is 5.06. The molecule has 2 aromatic carbocycles. The van der Waals surface area contributed by atoms with E-state index in [2.05, 4.69) is 16.8 Å². The molecule has 26 heavy (non-hydrogen) atoms. The highest BCUT2D eigenvalue weighted by Gasteiger charge is 2.23. The molecule has 0 spiro atoms. The van der Waals surface area contributed by atoms with Crippen LogP contribution in [0, 0.1) is 17.7 Å². The lowest BCUT2D eigenvalue weighted by Crippen LogP contribution is -2.32. The summed E-state index contributed by atoms with van der Waals surface area (Å²) in [5, 5.41) is 9.45. The molecule has 2 aromatic rings. The van der Waals surface area contributed by atoms with Gasteiger partial charge in [-0.2, -0.15) is 5.06 Å². The van der Waals surface area contributed by atoms with E-state index in [0.29, 0.717) is 12.2 Å². The molecule has 1 atom stereocenters. The Balaban J connectivity index is 1.80. The predicted octanol–water partition coefficient (Wildman–Crippen LogP) is 2.47. The minimum atomic E-state index is -1.00. The summed E-state index contributed by atoms with van der Waals surface area (Å²) in [6.45, 7) is 0.0857. The zero-order chi connectivity index (χ0) is 18.5. The van der Waals surface area contributed by atoms with Crippen LogP contribution in [0.2, 0.25) is 0 Å². The van der Waals surface area contributed by atoms with Crippen LogP contribution in [-0.4, -0.2) is 35.4 Å². The summed E-state index contributed by atoms with van der Waals surface area (Å²) in [5.41, 5.74) is 6.59. The normalized spacial score (nSPS) is 15.5. The van der Waals surface area contributed by atoms with Crippen molar-refractivity contribution in [1.82, 2.24) is 5.06 Å². The van der Waals surface area contributed by atoms with Gasteiger partial charge in [0.2, 0.25) is 5.90 Å². The molecule has 1 aliphatic rings. The molecular weight excluding hydrogens is 337 g/mol. The van der Waals surface area contributed by atoms with Crippen LogP contribution in [0.1, 0.15) is 22.7 Å². The van der Waals surface area contributed by atoms with Crippen LogP contribution in [0.5, 0.6) is 0 Å². The van der Waals surface area contributed by atoms with Gasteiger partial charge in [-0.15, -0.1) is 0 Å². The van der Waals surface area contributed by atoms with Crippen molar-refractivity contribution in [3.63, 3.8) is 0 Å². The number of hydroxylamine groups is 2. The van der Waals surface area contributed by atoms with Crippen LogP contribution in [0.4, 0.5) is 9.18 Å². The Hall–Kier alpha value is -3.37. The van der Waals surface area contributed by atoms with Crippen molar-refractivity contribution in [3.8, 4) is 11.8 Å². The van der Waals surface area contributed by atoms with E-state index in [1.54, 1.807) is 0 Å². The van der Waals surface area contributed by atoms with Crippen molar-refractivity contribution < 1.29 is 19.1 Å². The number of urea groups is 1. The summed E-state index contributed by atoms with van der Waals surface area (Å²) in [6, 6.07) is 12.7. The largest absolute Gasteiger partial charge is 0.475 e. The van der Waals surface area contributed by atoms with Crippen molar-refractivity contribution in [1.29, 1.82) is 0 Å². The molecule has 2 amide bonds. The maximum atomic E-state index is 14.2. The smallest absolute Gasteiger partial charge is 0.339 e. The number of carbonyl (C=O) groups is 1. The molecule has 1 heterocycles. The van der Waals surface area contributed by atoms with Gasteiger partial charge in [-0.1, -0.05) is 42.2 Å². The predicted molar refractivity (Wildman–Crippen MR) is 93.0 cm³/mol. The molecule has 1 aliphatic heterocycles. The topological polar surface area (TPSA) is 88.2 Å². The van der Waals surface area contributed by atoms with E-state index in [1.807, 2.05) is 30.3 Å². The summed E-state index contributed by atoms with van der Waals surface area (Å²) >= 11 is 0. The van der Waals surface area contributed by atoms with E-state index >= 15 is 0 Å². The highest BCUT2D eigenvalue weighted by Crippen LogP contribution is 2.26. The summed E-state index contributed by atoms with van der Waals surface area (Å²) in [7, 11) is 0. The number of halogens is 1. The number of nitrogens with zero attached hydrogens (tertiary/aromatic N) is 2. The number of hydrogen-bond acceptors (Lipinski definition) is 4. The SMILES string of the molecule is NC(=O)N(O)CC#Cc1ccc(F)c(C2=N[C@H](c3ccccc3)CO2)c1. The first-order valence-electron chi connectivity index (χ1n) is 7.85. The van der Waals surface area contributed by atoms with Gasteiger partial charge in [-0.3, -0.25) is 5.21 Å². The number of primary amides is 1. The number of hydrogen-bond donors (Lipinski definition) is 2. The number of ether oxygens (including phenoxy) is 1. The van der Waals surface area contributed by atoms with Gasteiger partial charge in [-0.25, -0.2) is 14.2 Å². The third kappa shape index (κ3) is 3.99. The molecule has 3 N–H and O–H groups in total. The third-order valence-corrected chi connectivity index (χ3v) is 3.75. The van der Waals surface area contributed by atoms with Crippen molar-refractivity contribution in [2.24, 2.45) is 10.7 Å². The second-order valence-electron chi connectivity index (χ2n) is 5.56. The maximum Gasteiger partial charge on any atom is 0.339 e. The Morgan fingerprint density at radius 3 is 2.85 bits per heavy atom. The standard InChI is InChI=1S/C19H16FN3O3/c20-16-9-8-13(5-4-10-23(25)19(21)24)11-15(16)18-22-17(12-26-18)14-6-2-1-3-7-14/h1-3,6-9,11,17,25H,10,12H2,(H2,21,24)/t17-/m0/s1. The van der Waals surface area contributed by atoms with Gasteiger partial charge in [0.15, 0.2) is 0 Å². The van der Waals surface area contributed by atoms with E-state index in [1.165, 1.54) is 18.2 Å². The fraction of sp³-hybridized carbons (Fsp3) is 0.158. The number of aliphatic imine (C=N–C) groups is 1. The molecule has 3 rings (SSSR count). The summed E-state index contributed by atoms with van der Waals surface area (Å²) in [6.07, 6.45) is 0. The molecule has 132 valence electrons. The van der Waals surface area contributed by atoms with E-state index in [4.69, 9.17) is 10.5 Å². The average molecular weight is 353 g/mol. The first-order chi connectivity index (χ1) is 12.5. The average Bonchev–Trinajstić information content (AvgIpc) is 3.13. The molecule has 0 aromatic heterocycles. The molecule has 0 fully saturated rings. The van der Waals surface area contributed by atoms with Gasteiger partial charge >= 0.3 is 6.03 Å². The van der Waals surface area contributed by atoms with Gasteiger partial charge in [-0.05, 0) is 23.8 Å². The summed E-state index contributed by atoms with van der Waals surface area (Å²) < 4.78 is 19.8. The quantitative estimate of drug-likeness (QED) is 0.505. The first-order valence-corrected chi connectivity index (χ1v) is 7.85. The van der Waals surface area contributed by atoms with Gasteiger partial charge < -0.3 is 10.5 Å². The van der Waals surface area contributed by atoms with Crippen molar-refractivity contribution >= 4 is 11.9 Å². The fourth-order valence-corrected chi connectivity index (χ4v) is 2.43. The van der Waals surface area contributed by atoms with Gasteiger partial charge in [0.25, 0.3) is 0 Å². The minimum absolute atomic E-state index is 0.182. The third-order valence-electron chi connectivity index (χ3n) is 3.75. The van der Waals surface area contributed by atoms with Crippen LogP contribution in [0.25, 0.3) is 0 Å². The van der Waals surface area contributed by atoms with Crippen molar-refractivity contribution in [3.05, 3.63) is 71.0 Å². The van der Waals surface area contributed by atoms with Crippen LogP contribution >= 0.6 is 0 Å².